The van der Waals surface area contributed by atoms with Crippen LogP contribution in [0.4, 0.5) is 4.39 Å². The van der Waals surface area contributed by atoms with Gasteiger partial charge in [-0.15, -0.1) is 0 Å². The average molecular weight is 301 g/mol. The highest BCUT2D eigenvalue weighted by atomic mass is 32.2. The molecule has 1 aromatic rings. The lowest BCUT2D eigenvalue weighted by atomic mass is 10.1. The molecule has 0 amide bonds. The van der Waals surface area contributed by atoms with Crippen LogP contribution in [-0.2, 0) is 14.8 Å². The Morgan fingerprint density at radius 3 is 2.85 bits per heavy atom. The van der Waals surface area contributed by atoms with Crippen molar-refractivity contribution in [1.29, 1.82) is 0 Å². The van der Waals surface area contributed by atoms with Crippen LogP contribution in [0, 0.1) is 5.82 Å². The van der Waals surface area contributed by atoms with Crippen LogP contribution < -0.4 is 0 Å². The third-order valence-electron chi connectivity index (χ3n) is 3.35. The molecule has 0 N–H and O–H groups in total. The van der Waals surface area contributed by atoms with Gasteiger partial charge in [0.1, 0.15) is 10.7 Å². The zero-order chi connectivity index (χ0) is 14.6. The highest BCUT2D eigenvalue weighted by Gasteiger charge is 2.32. The summed E-state index contributed by atoms with van der Waals surface area (Å²) in [6, 6.07) is 5.49. The van der Waals surface area contributed by atoms with E-state index >= 15 is 0 Å². The van der Waals surface area contributed by atoms with E-state index < -0.39 is 15.8 Å². The molecule has 0 aromatic heterocycles. The molecule has 1 unspecified atom stereocenters. The summed E-state index contributed by atoms with van der Waals surface area (Å²) >= 11 is 0. The van der Waals surface area contributed by atoms with E-state index in [-0.39, 0.29) is 11.0 Å². The van der Waals surface area contributed by atoms with Crippen LogP contribution in [0.3, 0.4) is 0 Å². The first kappa shape index (κ1) is 15.4. The predicted octanol–water partition coefficient (Wildman–Crippen LogP) is 2.41. The molecule has 1 aliphatic rings. The van der Waals surface area contributed by atoms with Gasteiger partial charge in [0, 0.05) is 19.7 Å². The maximum absolute atomic E-state index is 13.7. The average Bonchev–Trinajstić information content (AvgIpc) is 2.45. The lowest BCUT2D eigenvalue weighted by Crippen LogP contribution is -2.43. The van der Waals surface area contributed by atoms with E-state index in [4.69, 9.17) is 4.74 Å². The Bertz CT molecular complexity index is 547. The molecule has 0 bridgehead atoms. The number of hydrogen-bond acceptors (Lipinski definition) is 3. The van der Waals surface area contributed by atoms with E-state index in [1.165, 1.54) is 28.6 Å². The number of ether oxygens (including phenoxy) is 1. The van der Waals surface area contributed by atoms with E-state index in [1.807, 2.05) is 6.92 Å². The first-order chi connectivity index (χ1) is 9.55. The Balaban J connectivity index is 2.15. The Morgan fingerprint density at radius 1 is 1.40 bits per heavy atom. The van der Waals surface area contributed by atoms with Gasteiger partial charge in [-0.1, -0.05) is 19.1 Å². The molecule has 0 radical (unpaired) electrons. The van der Waals surface area contributed by atoms with Gasteiger partial charge in [-0.05, 0) is 31.4 Å². The van der Waals surface area contributed by atoms with E-state index in [9.17, 15) is 12.8 Å². The second-order valence-electron chi connectivity index (χ2n) is 4.93. The van der Waals surface area contributed by atoms with Gasteiger partial charge >= 0.3 is 0 Å². The highest BCUT2D eigenvalue weighted by Crippen LogP contribution is 2.23. The van der Waals surface area contributed by atoms with Crippen LogP contribution in [0.1, 0.15) is 26.2 Å². The summed E-state index contributed by atoms with van der Waals surface area (Å²) in [7, 11) is -3.77. The number of benzene rings is 1. The molecule has 2 rings (SSSR count). The van der Waals surface area contributed by atoms with Crippen molar-refractivity contribution in [3.63, 3.8) is 0 Å². The molecule has 20 heavy (non-hydrogen) atoms. The molecular formula is C14H20FNO3S. The molecule has 1 aliphatic heterocycles. The quantitative estimate of drug-likeness (QED) is 0.839. The predicted molar refractivity (Wildman–Crippen MR) is 74.4 cm³/mol. The number of piperidine rings is 1. The summed E-state index contributed by atoms with van der Waals surface area (Å²) in [4.78, 5) is -0.254. The van der Waals surface area contributed by atoms with E-state index in [1.54, 1.807) is 0 Å². The zero-order valence-electron chi connectivity index (χ0n) is 11.6. The number of sulfonamides is 1. The SMILES string of the molecule is CCCOC1CCCN(S(=O)(=O)c2ccccc2F)C1. The first-order valence-electron chi connectivity index (χ1n) is 6.92. The third-order valence-corrected chi connectivity index (χ3v) is 5.25. The van der Waals surface area contributed by atoms with Crippen molar-refractivity contribution in [1.82, 2.24) is 4.31 Å². The third kappa shape index (κ3) is 3.37. The smallest absolute Gasteiger partial charge is 0.246 e. The van der Waals surface area contributed by atoms with Crippen LogP contribution in [-0.4, -0.2) is 38.5 Å². The Kier molecular flexibility index (Phi) is 5.12. The topological polar surface area (TPSA) is 46.6 Å². The van der Waals surface area contributed by atoms with Crippen LogP contribution >= 0.6 is 0 Å². The fourth-order valence-corrected chi connectivity index (χ4v) is 3.91. The van der Waals surface area contributed by atoms with Crippen molar-refractivity contribution >= 4 is 10.0 Å². The molecule has 0 aliphatic carbocycles. The minimum absolute atomic E-state index is 0.0924. The standard InChI is InChI=1S/C14H20FNO3S/c1-2-10-19-12-6-5-9-16(11-12)20(17,18)14-8-4-3-7-13(14)15/h3-4,7-8,12H,2,5-6,9-11H2,1H3. The summed E-state index contributed by atoms with van der Waals surface area (Å²) in [6.07, 6.45) is 2.40. The largest absolute Gasteiger partial charge is 0.377 e. The molecular weight excluding hydrogens is 281 g/mol. The van der Waals surface area contributed by atoms with Gasteiger partial charge in [0.2, 0.25) is 10.0 Å². The highest BCUT2D eigenvalue weighted by molar-refractivity contribution is 7.89. The van der Waals surface area contributed by atoms with Crippen LogP contribution in [0.15, 0.2) is 29.2 Å². The molecule has 1 aromatic carbocycles. The van der Waals surface area contributed by atoms with E-state index in [0.29, 0.717) is 19.7 Å². The van der Waals surface area contributed by atoms with Gasteiger partial charge in [-0.25, -0.2) is 12.8 Å². The lowest BCUT2D eigenvalue weighted by Gasteiger charge is -2.31. The molecule has 1 saturated heterocycles. The monoisotopic (exact) mass is 301 g/mol. The summed E-state index contributed by atoms with van der Waals surface area (Å²) < 4.78 is 45.6. The van der Waals surface area contributed by atoms with Crippen molar-refractivity contribution in [2.45, 2.75) is 37.2 Å². The minimum atomic E-state index is -3.77. The van der Waals surface area contributed by atoms with Gasteiger partial charge in [-0.3, -0.25) is 0 Å². The minimum Gasteiger partial charge on any atom is -0.377 e. The summed E-state index contributed by atoms with van der Waals surface area (Å²) in [5, 5.41) is 0. The molecule has 4 nitrogen and oxygen atoms in total. The van der Waals surface area contributed by atoms with Gasteiger partial charge in [0.05, 0.1) is 6.10 Å². The van der Waals surface area contributed by atoms with E-state index in [2.05, 4.69) is 0 Å². The molecule has 6 heteroatoms. The van der Waals surface area contributed by atoms with Crippen LogP contribution in [0.5, 0.6) is 0 Å². The van der Waals surface area contributed by atoms with Crippen molar-refractivity contribution in [3.8, 4) is 0 Å². The van der Waals surface area contributed by atoms with Crippen LogP contribution in [0.25, 0.3) is 0 Å². The normalized spacial score (nSPS) is 21.0. The van der Waals surface area contributed by atoms with Gasteiger partial charge in [0.25, 0.3) is 0 Å². The molecule has 1 fully saturated rings. The number of nitrogens with zero attached hydrogens (tertiary/aromatic N) is 1. The van der Waals surface area contributed by atoms with Crippen LogP contribution in [0.2, 0.25) is 0 Å². The second-order valence-corrected chi connectivity index (χ2v) is 6.83. The summed E-state index contributed by atoms with van der Waals surface area (Å²) in [6.45, 7) is 3.36. The number of halogens is 1. The maximum atomic E-state index is 13.7. The Morgan fingerprint density at radius 2 is 2.15 bits per heavy atom. The van der Waals surface area contributed by atoms with Crippen molar-refractivity contribution in [3.05, 3.63) is 30.1 Å². The lowest BCUT2D eigenvalue weighted by molar-refractivity contribution is 0.0193. The Hall–Kier alpha value is -0.980. The van der Waals surface area contributed by atoms with Crippen molar-refractivity contribution in [2.24, 2.45) is 0 Å². The maximum Gasteiger partial charge on any atom is 0.246 e. The second kappa shape index (κ2) is 6.65. The fourth-order valence-electron chi connectivity index (χ4n) is 2.34. The molecule has 1 heterocycles. The van der Waals surface area contributed by atoms with Gasteiger partial charge < -0.3 is 4.74 Å². The van der Waals surface area contributed by atoms with Gasteiger partial charge in [0.15, 0.2) is 0 Å². The van der Waals surface area contributed by atoms with E-state index in [0.717, 1.165) is 19.3 Å². The number of rotatable bonds is 5. The van der Waals surface area contributed by atoms with Crippen molar-refractivity contribution < 1.29 is 17.5 Å². The molecule has 0 spiro atoms. The zero-order valence-corrected chi connectivity index (χ0v) is 12.4. The number of hydrogen-bond donors (Lipinski definition) is 0. The van der Waals surface area contributed by atoms with Crippen molar-refractivity contribution in [2.75, 3.05) is 19.7 Å². The molecule has 112 valence electrons. The summed E-state index contributed by atoms with van der Waals surface area (Å²) in [5.74, 6) is -0.705. The van der Waals surface area contributed by atoms with Gasteiger partial charge in [-0.2, -0.15) is 4.31 Å². The summed E-state index contributed by atoms with van der Waals surface area (Å²) in [5.41, 5.74) is 0. The molecule has 0 saturated carbocycles. The molecule has 1 atom stereocenters. The Labute approximate surface area is 119 Å². The first-order valence-corrected chi connectivity index (χ1v) is 8.36. The fraction of sp³-hybridized carbons (Fsp3) is 0.571.